The summed E-state index contributed by atoms with van der Waals surface area (Å²) < 4.78 is 0. The number of piperidine rings is 1. The Bertz CT molecular complexity index is 177. The Morgan fingerprint density at radius 1 is 1.75 bits per heavy atom. The SMILES string of the molecule is C=CC(=O)N1CCC[C@@H](CC)C1. The molecule has 0 radical (unpaired) electrons. The van der Waals surface area contributed by atoms with Gasteiger partial charge in [0, 0.05) is 13.1 Å². The van der Waals surface area contributed by atoms with Gasteiger partial charge in [0.15, 0.2) is 0 Å². The van der Waals surface area contributed by atoms with Crippen LogP contribution in [0, 0.1) is 5.92 Å². The minimum absolute atomic E-state index is 0.0909. The second-order valence-electron chi connectivity index (χ2n) is 3.40. The van der Waals surface area contributed by atoms with Gasteiger partial charge in [-0.2, -0.15) is 0 Å². The Balaban J connectivity index is 2.45. The molecule has 0 N–H and O–H groups in total. The van der Waals surface area contributed by atoms with Crippen molar-refractivity contribution in [2.45, 2.75) is 26.2 Å². The second-order valence-corrected chi connectivity index (χ2v) is 3.40. The summed E-state index contributed by atoms with van der Waals surface area (Å²) in [4.78, 5) is 13.1. The standard InChI is InChI=1S/C10H17NO/c1-3-9-6-5-7-11(8-9)10(12)4-2/h4,9H,2-3,5-8H2,1H3/t9-/m1/s1. The molecule has 2 nitrogen and oxygen atoms in total. The Kier molecular flexibility index (Phi) is 3.32. The highest BCUT2D eigenvalue weighted by Crippen LogP contribution is 2.18. The smallest absolute Gasteiger partial charge is 0.245 e. The Hall–Kier alpha value is -0.790. The fourth-order valence-electron chi connectivity index (χ4n) is 1.73. The van der Waals surface area contributed by atoms with Crippen molar-refractivity contribution in [2.75, 3.05) is 13.1 Å². The van der Waals surface area contributed by atoms with Gasteiger partial charge in [-0.05, 0) is 24.8 Å². The van der Waals surface area contributed by atoms with Gasteiger partial charge in [-0.1, -0.05) is 19.9 Å². The summed E-state index contributed by atoms with van der Waals surface area (Å²) in [6.45, 7) is 7.53. The molecule has 1 aliphatic heterocycles. The first-order chi connectivity index (χ1) is 5.77. The van der Waals surface area contributed by atoms with Gasteiger partial charge in [0.1, 0.15) is 0 Å². The van der Waals surface area contributed by atoms with Gasteiger partial charge in [-0.25, -0.2) is 0 Å². The number of carbonyl (C=O) groups is 1. The van der Waals surface area contributed by atoms with Crippen LogP contribution in [0.5, 0.6) is 0 Å². The van der Waals surface area contributed by atoms with Crippen LogP contribution in [0.4, 0.5) is 0 Å². The lowest BCUT2D eigenvalue weighted by Crippen LogP contribution is -2.38. The molecule has 0 aromatic heterocycles. The summed E-state index contributed by atoms with van der Waals surface area (Å²) >= 11 is 0. The second kappa shape index (κ2) is 4.29. The summed E-state index contributed by atoms with van der Waals surface area (Å²) in [5, 5.41) is 0. The molecule has 1 saturated heterocycles. The zero-order valence-corrected chi connectivity index (χ0v) is 7.75. The molecule has 0 saturated carbocycles. The van der Waals surface area contributed by atoms with Crippen molar-refractivity contribution in [2.24, 2.45) is 5.92 Å². The van der Waals surface area contributed by atoms with E-state index in [1.165, 1.54) is 18.9 Å². The fourth-order valence-corrected chi connectivity index (χ4v) is 1.73. The normalized spacial score (nSPS) is 23.8. The molecule has 0 aromatic carbocycles. The van der Waals surface area contributed by atoms with Gasteiger partial charge in [0.05, 0.1) is 0 Å². The van der Waals surface area contributed by atoms with Gasteiger partial charge in [0.2, 0.25) is 5.91 Å². The number of carbonyl (C=O) groups excluding carboxylic acids is 1. The molecule has 0 spiro atoms. The lowest BCUT2D eigenvalue weighted by Gasteiger charge is -2.31. The van der Waals surface area contributed by atoms with Crippen LogP contribution in [0.3, 0.4) is 0 Å². The molecular weight excluding hydrogens is 150 g/mol. The number of rotatable bonds is 2. The van der Waals surface area contributed by atoms with Crippen LogP contribution >= 0.6 is 0 Å². The van der Waals surface area contributed by atoms with Gasteiger partial charge in [-0.15, -0.1) is 0 Å². The maximum absolute atomic E-state index is 11.2. The van der Waals surface area contributed by atoms with E-state index in [0.29, 0.717) is 5.92 Å². The van der Waals surface area contributed by atoms with E-state index < -0.39 is 0 Å². The number of hydrogen-bond acceptors (Lipinski definition) is 1. The summed E-state index contributed by atoms with van der Waals surface area (Å²) in [7, 11) is 0. The maximum Gasteiger partial charge on any atom is 0.245 e. The molecule has 0 bridgehead atoms. The van der Waals surface area contributed by atoms with Crippen LogP contribution in [-0.4, -0.2) is 23.9 Å². The molecule has 1 heterocycles. The average Bonchev–Trinajstić information content (AvgIpc) is 2.17. The van der Waals surface area contributed by atoms with Crippen molar-refractivity contribution < 1.29 is 4.79 Å². The number of hydrogen-bond donors (Lipinski definition) is 0. The average molecular weight is 167 g/mol. The highest BCUT2D eigenvalue weighted by molar-refractivity contribution is 5.87. The summed E-state index contributed by atoms with van der Waals surface area (Å²) in [6.07, 6.45) is 5.02. The van der Waals surface area contributed by atoms with E-state index in [1.54, 1.807) is 0 Å². The molecule has 2 heteroatoms. The third kappa shape index (κ3) is 2.10. The van der Waals surface area contributed by atoms with Crippen molar-refractivity contribution >= 4 is 5.91 Å². The molecule has 1 fully saturated rings. The van der Waals surface area contributed by atoms with Crippen molar-refractivity contribution in [1.82, 2.24) is 4.90 Å². The van der Waals surface area contributed by atoms with E-state index in [4.69, 9.17) is 0 Å². The third-order valence-corrected chi connectivity index (χ3v) is 2.58. The maximum atomic E-state index is 11.2. The monoisotopic (exact) mass is 167 g/mol. The fraction of sp³-hybridized carbons (Fsp3) is 0.700. The molecule has 0 unspecified atom stereocenters. The van der Waals surface area contributed by atoms with Crippen molar-refractivity contribution in [3.8, 4) is 0 Å². The minimum Gasteiger partial charge on any atom is -0.339 e. The van der Waals surface area contributed by atoms with Gasteiger partial charge >= 0.3 is 0 Å². The lowest BCUT2D eigenvalue weighted by molar-refractivity contribution is -0.127. The Morgan fingerprint density at radius 2 is 2.50 bits per heavy atom. The molecular formula is C10H17NO. The quantitative estimate of drug-likeness (QED) is 0.574. The van der Waals surface area contributed by atoms with Crippen molar-refractivity contribution in [1.29, 1.82) is 0 Å². The van der Waals surface area contributed by atoms with Crippen LogP contribution in [0.2, 0.25) is 0 Å². The summed E-state index contributed by atoms with van der Waals surface area (Å²) in [5.74, 6) is 0.802. The predicted molar refractivity (Wildman–Crippen MR) is 49.8 cm³/mol. The first-order valence-corrected chi connectivity index (χ1v) is 4.69. The predicted octanol–water partition coefficient (Wildman–Crippen LogP) is 1.82. The topological polar surface area (TPSA) is 20.3 Å². The van der Waals surface area contributed by atoms with E-state index in [2.05, 4.69) is 13.5 Å². The van der Waals surface area contributed by atoms with Crippen molar-refractivity contribution in [3.05, 3.63) is 12.7 Å². The molecule has 1 amide bonds. The zero-order chi connectivity index (χ0) is 8.97. The van der Waals surface area contributed by atoms with E-state index in [1.807, 2.05) is 4.90 Å². The highest BCUT2D eigenvalue weighted by Gasteiger charge is 2.20. The first kappa shape index (κ1) is 9.30. The Morgan fingerprint density at radius 3 is 3.08 bits per heavy atom. The van der Waals surface area contributed by atoms with E-state index in [-0.39, 0.29) is 5.91 Å². The molecule has 68 valence electrons. The summed E-state index contributed by atoms with van der Waals surface area (Å²) in [5.41, 5.74) is 0. The number of likely N-dealkylation sites (tertiary alicyclic amines) is 1. The zero-order valence-electron chi connectivity index (χ0n) is 7.75. The van der Waals surface area contributed by atoms with Crippen LogP contribution in [0.1, 0.15) is 26.2 Å². The summed E-state index contributed by atoms with van der Waals surface area (Å²) in [6, 6.07) is 0. The largest absolute Gasteiger partial charge is 0.339 e. The minimum atomic E-state index is 0.0909. The molecule has 1 aliphatic rings. The third-order valence-electron chi connectivity index (χ3n) is 2.58. The lowest BCUT2D eigenvalue weighted by atomic mass is 9.96. The van der Waals surface area contributed by atoms with Gasteiger partial charge < -0.3 is 4.90 Å². The molecule has 1 atom stereocenters. The molecule has 0 aliphatic carbocycles. The van der Waals surface area contributed by atoms with E-state index >= 15 is 0 Å². The van der Waals surface area contributed by atoms with Crippen LogP contribution in [0.15, 0.2) is 12.7 Å². The molecule has 12 heavy (non-hydrogen) atoms. The van der Waals surface area contributed by atoms with E-state index in [9.17, 15) is 4.79 Å². The van der Waals surface area contributed by atoms with Crippen molar-refractivity contribution in [3.63, 3.8) is 0 Å². The number of nitrogens with zero attached hydrogens (tertiary/aromatic N) is 1. The van der Waals surface area contributed by atoms with Gasteiger partial charge in [-0.3, -0.25) is 4.79 Å². The van der Waals surface area contributed by atoms with Crippen LogP contribution in [0.25, 0.3) is 0 Å². The van der Waals surface area contributed by atoms with Crippen LogP contribution in [-0.2, 0) is 4.79 Å². The van der Waals surface area contributed by atoms with Crippen LogP contribution < -0.4 is 0 Å². The molecule has 0 aromatic rings. The highest BCUT2D eigenvalue weighted by atomic mass is 16.2. The first-order valence-electron chi connectivity index (χ1n) is 4.69. The van der Waals surface area contributed by atoms with Gasteiger partial charge in [0.25, 0.3) is 0 Å². The Labute approximate surface area is 74.2 Å². The number of amides is 1. The molecule has 1 rings (SSSR count). The van der Waals surface area contributed by atoms with E-state index in [0.717, 1.165) is 19.5 Å².